The van der Waals surface area contributed by atoms with Crippen LogP contribution in [0.2, 0.25) is 0 Å². The summed E-state index contributed by atoms with van der Waals surface area (Å²) in [5.74, 6) is 0. The summed E-state index contributed by atoms with van der Waals surface area (Å²) in [4.78, 5) is 2.69. The van der Waals surface area contributed by atoms with E-state index in [9.17, 15) is 0 Å². The van der Waals surface area contributed by atoms with Gasteiger partial charge in [-0.15, -0.1) is 0 Å². The lowest BCUT2D eigenvalue weighted by atomic mass is 10.0. The topological polar surface area (TPSA) is 15.3 Å². The molecule has 3 rings (SSSR count). The molecule has 0 spiro atoms. The molecule has 1 saturated heterocycles. The van der Waals surface area contributed by atoms with Crippen molar-refractivity contribution < 1.29 is 0 Å². The van der Waals surface area contributed by atoms with Crippen LogP contribution in [-0.4, -0.2) is 30.1 Å². The van der Waals surface area contributed by atoms with E-state index in [0.29, 0.717) is 0 Å². The minimum atomic E-state index is 0.723. The lowest BCUT2D eigenvalue weighted by Gasteiger charge is -2.32. The van der Waals surface area contributed by atoms with Crippen molar-refractivity contribution in [1.29, 1.82) is 0 Å². The van der Waals surface area contributed by atoms with E-state index in [1.54, 1.807) is 0 Å². The molecule has 1 aromatic rings. The number of nitrogens with zero attached hydrogens (tertiary/aromatic N) is 1. The van der Waals surface area contributed by atoms with Crippen LogP contribution in [0, 0.1) is 6.92 Å². The van der Waals surface area contributed by atoms with E-state index in [4.69, 9.17) is 0 Å². The maximum absolute atomic E-state index is 3.72. The van der Waals surface area contributed by atoms with Crippen LogP contribution in [0.1, 0.15) is 36.8 Å². The highest BCUT2D eigenvalue weighted by molar-refractivity contribution is 5.22. The lowest BCUT2D eigenvalue weighted by molar-refractivity contribution is 0.189. The summed E-state index contributed by atoms with van der Waals surface area (Å²) >= 11 is 0. The summed E-state index contributed by atoms with van der Waals surface area (Å²) < 4.78 is 0. The van der Waals surface area contributed by atoms with Gasteiger partial charge < -0.3 is 10.2 Å². The largest absolute Gasteiger partial charge is 0.310 e. The Morgan fingerprint density at radius 3 is 2.61 bits per heavy atom. The Balaban J connectivity index is 1.43. The van der Waals surface area contributed by atoms with E-state index in [1.165, 1.54) is 49.9 Å². The van der Waals surface area contributed by atoms with Gasteiger partial charge in [0.15, 0.2) is 0 Å². The molecule has 1 saturated carbocycles. The van der Waals surface area contributed by atoms with Crippen molar-refractivity contribution in [2.45, 2.75) is 51.2 Å². The molecule has 2 heteroatoms. The van der Waals surface area contributed by atoms with Crippen molar-refractivity contribution in [2.75, 3.05) is 13.1 Å². The maximum atomic E-state index is 3.72. The van der Waals surface area contributed by atoms with Gasteiger partial charge in [-0.25, -0.2) is 0 Å². The van der Waals surface area contributed by atoms with Gasteiger partial charge in [-0.3, -0.25) is 0 Å². The van der Waals surface area contributed by atoms with Gasteiger partial charge in [-0.2, -0.15) is 0 Å². The van der Waals surface area contributed by atoms with E-state index in [-0.39, 0.29) is 0 Å². The molecule has 0 atom stereocenters. The maximum Gasteiger partial charge on any atom is 0.0208 e. The predicted molar refractivity (Wildman–Crippen MR) is 75.6 cm³/mol. The van der Waals surface area contributed by atoms with Gasteiger partial charge in [0.1, 0.15) is 0 Å². The fraction of sp³-hybridized carbons (Fsp3) is 0.625. The molecule has 1 aromatic carbocycles. The quantitative estimate of drug-likeness (QED) is 0.876. The Labute approximate surface area is 110 Å². The zero-order chi connectivity index (χ0) is 12.4. The van der Waals surface area contributed by atoms with Crippen molar-refractivity contribution in [3.05, 3.63) is 35.4 Å². The van der Waals surface area contributed by atoms with Gasteiger partial charge in [0.05, 0.1) is 0 Å². The molecular formula is C16H24N2. The molecule has 1 aliphatic heterocycles. The molecule has 18 heavy (non-hydrogen) atoms. The normalized spacial score (nSPS) is 22.3. The highest BCUT2D eigenvalue weighted by Gasteiger charge is 2.31. The Kier molecular flexibility index (Phi) is 3.67. The highest BCUT2D eigenvalue weighted by Crippen LogP contribution is 2.29. The van der Waals surface area contributed by atoms with E-state index in [2.05, 4.69) is 41.4 Å². The van der Waals surface area contributed by atoms with Gasteiger partial charge >= 0.3 is 0 Å². The first-order chi connectivity index (χ1) is 8.81. The van der Waals surface area contributed by atoms with Gasteiger partial charge in [0.2, 0.25) is 0 Å². The Bertz CT molecular complexity index is 390. The molecule has 0 amide bonds. The van der Waals surface area contributed by atoms with E-state index in [0.717, 1.165) is 18.6 Å². The van der Waals surface area contributed by atoms with Crippen molar-refractivity contribution in [3.8, 4) is 0 Å². The summed E-state index contributed by atoms with van der Waals surface area (Å²) in [6.07, 6.45) is 5.54. The van der Waals surface area contributed by atoms with Crippen LogP contribution in [0.5, 0.6) is 0 Å². The smallest absolute Gasteiger partial charge is 0.0208 e. The summed E-state index contributed by atoms with van der Waals surface area (Å²) in [5.41, 5.74) is 2.78. The molecule has 1 aliphatic carbocycles. The first kappa shape index (κ1) is 12.2. The predicted octanol–water partition coefficient (Wildman–Crippen LogP) is 2.71. The van der Waals surface area contributed by atoms with E-state index >= 15 is 0 Å². The minimum Gasteiger partial charge on any atom is -0.310 e. The molecule has 0 bridgehead atoms. The molecular weight excluding hydrogens is 220 g/mol. The van der Waals surface area contributed by atoms with Crippen LogP contribution < -0.4 is 5.32 Å². The van der Waals surface area contributed by atoms with E-state index in [1.807, 2.05) is 0 Å². The third-order valence-corrected chi connectivity index (χ3v) is 4.27. The number of likely N-dealkylation sites (tertiary alicyclic amines) is 1. The number of nitrogens with one attached hydrogen (secondary N) is 1. The minimum absolute atomic E-state index is 0.723. The lowest BCUT2D eigenvalue weighted by Crippen LogP contribution is -2.43. The van der Waals surface area contributed by atoms with Crippen LogP contribution in [0.15, 0.2) is 24.3 Å². The Hall–Kier alpha value is -0.860. The third kappa shape index (κ3) is 3.12. The monoisotopic (exact) mass is 244 g/mol. The van der Waals surface area contributed by atoms with Crippen molar-refractivity contribution >= 4 is 0 Å². The molecule has 0 aromatic heterocycles. The van der Waals surface area contributed by atoms with Gasteiger partial charge in [0, 0.05) is 18.6 Å². The summed E-state index contributed by atoms with van der Waals surface area (Å²) in [6.45, 7) is 5.79. The number of hydrogen-bond donors (Lipinski definition) is 1. The van der Waals surface area contributed by atoms with Gasteiger partial charge in [0.25, 0.3) is 0 Å². The molecule has 2 fully saturated rings. The summed E-state index contributed by atoms with van der Waals surface area (Å²) in [7, 11) is 0. The molecule has 0 unspecified atom stereocenters. The SMILES string of the molecule is Cc1cccc(CNC2CCN(C3CC3)CC2)c1. The van der Waals surface area contributed by atoms with Crippen LogP contribution in [0.3, 0.4) is 0 Å². The Morgan fingerprint density at radius 1 is 1.17 bits per heavy atom. The fourth-order valence-electron chi connectivity index (χ4n) is 2.99. The average Bonchev–Trinajstić information content (AvgIpc) is 3.21. The van der Waals surface area contributed by atoms with Crippen molar-refractivity contribution in [3.63, 3.8) is 0 Å². The van der Waals surface area contributed by atoms with E-state index < -0.39 is 0 Å². The Morgan fingerprint density at radius 2 is 1.94 bits per heavy atom. The van der Waals surface area contributed by atoms with Crippen molar-refractivity contribution in [1.82, 2.24) is 10.2 Å². The first-order valence-electron chi connectivity index (χ1n) is 7.34. The molecule has 0 radical (unpaired) electrons. The first-order valence-corrected chi connectivity index (χ1v) is 7.34. The van der Waals surface area contributed by atoms with Crippen LogP contribution in [0.25, 0.3) is 0 Å². The molecule has 2 aliphatic rings. The average molecular weight is 244 g/mol. The fourth-order valence-corrected chi connectivity index (χ4v) is 2.99. The second-order valence-corrected chi connectivity index (χ2v) is 5.91. The number of hydrogen-bond acceptors (Lipinski definition) is 2. The highest BCUT2D eigenvalue weighted by atomic mass is 15.2. The van der Waals surface area contributed by atoms with Crippen LogP contribution >= 0.6 is 0 Å². The zero-order valence-electron chi connectivity index (χ0n) is 11.4. The van der Waals surface area contributed by atoms with Crippen LogP contribution in [0.4, 0.5) is 0 Å². The van der Waals surface area contributed by atoms with Gasteiger partial charge in [-0.05, 0) is 51.3 Å². The molecule has 2 nitrogen and oxygen atoms in total. The van der Waals surface area contributed by atoms with Gasteiger partial charge in [-0.1, -0.05) is 29.8 Å². The number of piperidine rings is 1. The third-order valence-electron chi connectivity index (χ3n) is 4.27. The summed E-state index contributed by atoms with van der Waals surface area (Å²) in [6, 6.07) is 10.5. The second kappa shape index (κ2) is 5.41. The van der Waals surface area contributed by atoms with Crippen LogP contribution in [-0.2, 0) is 6.54 Å². The second-order valence-electron chi connectivity index (χ2n) is 5.91. The molecule has 1 heterocycles. The number of aryl methyl sites for hydroxylation is 1. The zero-order valence-corrected chi connectivity index (χ0v) is 11.4. The molecule has 1 N–H and O–H groups in total. The van der Waals surface area contributed by atoms with Crippen molar-refractivity contribution in [2.24, 2.45) is 0 Å². The molecule has 98 valence electrons. The number of benzene rings is 1. The number of rotatable bonds is 4. The summed E-state index contributed by atoms with van der Waals surface area (Å²) in [5, 5.41) is 3.72. The standard InChI is InChI=1S/C16H24N2/c1-13-3-2-4-14(11-13)12-17-15-7-9-18(10-8-15)16-5-6-16/h2-4,11,15-17H,5-10,12H2,1H3.